The van der Waals surface area contributed by atoms with Gasteiger partial charge in [-0.3, -0.25) is 9.69 Å². The lowest BCUT2D eigenvalue weighted by Gasteiger charge is -2.23. The maximum absolute atomic E-state index is 12.0. The topological polar surface area (TPSA) is 63.1 Å². The molecule has 2 rings (SSSR count). The highest BCUT2D eigenvalue weighted by Gasteiger charge is 2.24. The molecule has 1 N–H and O–H groups in total. The molecule has 6 nitrogen and oxygen atoms in total. The summed E-state index contributed by atoms with van der Waals surface area (Å²) in [6.07, 6.45) is 5.41. The van der Waals surface area contributed by atoms with Crippen molar-refractivity contribution in [1.29, 1.82) is 0 Å². The molecule has 1 aliphatic rings. The van der Waals surface area contributed by atoms with Gasteiger partial charge in [-0.25, -0.2) is 9.67 Å². The summed E-state index contributed by atoms with van der Waals surface area (Å²) in [5.74, 6) is 0.00320. The van der Waals surface area contributed by atoms with Crippen LogP contribution >= 0.6 is 0 Å². The zero-order chi connectivity index (χ0) is 13.0. The number of nitrogens with zero attached hydrogens (tertiary/aromatic N) is 4. The van der Waals surface area contributed by atoms with E-state index in [1.165, 1.54) is 19.2 Å². The van der Waals surface area contributed by atoms with Crippen molar-refractivity contribution in [1.82, 2.24) is 25.0 Å². The van der Waals surface area contributed by atoms with Gasteiger partial charge in [-0.2, -0.15) is 5.10 Å². The molecule has 6 heteroatoms. The van der Waals surface area contributed by atoms with E-state index in [9.17, 15) is 4.79 Å². The van der Waals surface area contributed by atoms with Gasteiger partial charge in [-0.15, -0.1) is 0 Å². The number of nitrogens with one attached hydrogen (secondary N) is 1. The lowest BCUT2D eigenvalue weighted by molar-refractivity contribution is -0.124. The molecule has 100 valence electrons. The summed E-state index contributed by atoms with van der Waals surface area (Å²) in [6, 6.07) is 0.186. The van der Waals surface area contributed by atoms with Crippen LogP contribution in [0, 0.1) is 0 Å². The first-order chi connectivity index (χ1) is 8.72. The highest BCUT2D eigenvalue weighted by Crippen LogP contribution is 2.15. The summed E-state index contributed by atoms with van der Waals surface area (Å²) >= 11 is 0. The van der Waals surface area contributed by atoms with E-state index in [1.807, 2.05) is 6.92 Å². The first-order valence-electron chi connectivity index (χ1n) is 6.58. The molecule has 0 spiro atoms. The number of rotatable bonds is 5. The number of amides is 1. The van der Waals surface area contributed by atoms with Gasteiger partial charge in [0.1, 0.15) is 18.7 Å². The molecular weight excluding hydrogens is 230 g/mol. The average molecular weight is 251 g/mol. The van der Waals surface area contributed by atoms with Crippen LogP contribution < -0.4 is 5.32 Å². The number of carbonyl (C=O) groups excluding carboxylic acids is 1. The summed E-state index contributed by atoms with van der Waals surface area (Å²) in [5, 5.41) is 6.99. The molecule has 1 aromatic heterocycles. The van der Waals surface area contributed by atoms with Crippen molar-refractivity contribution >= 4 is 5.91 Å². The highest BCUT2D eigenvalue weighted by molar-refractivity contribution is 5.79. The van der Waals surface area contributed by atoms with Gasteiger partial charge in [0.15, 0.2) is 0 Å². The van der Waals surface area contributed by atoms with E-state index in [1.54, 1.807) is 11.0 Å². The van der Waals surface area contributed by atoms with Crippen molar-refractivity contribution in [2.75, 3.05) is 19.6 Å². The van der Waals surface area contributed by atoms with Crippen molar-refractivity contribution in [3.63, 3.8) is 0 Å². The molecule has 0 radical (unpaired) electrons. The lowest BCUT2D eigenvalue weighted by atomic mass is 10.2. The van der Waals surface area contributed by atoms with Gasteiger partial charge in [-0.1, -0.05) is 6.92 Å². The molecule has 0 saturated carbocycles. The smallest absolute Gasteiger partial charge is 0.244 e. The maximum atomic E-state index is 12.0. The number of likely N-dealkylation sites (tertiary alicyclic amines) is 1. The molecular formula is C12H21N5O. The van der Waals surface area contributed by atoms with Crippen molar-refractivity contribution in [2.24, 2.45) is 0 Å². The van der Waals surface area contributed by atoms with Crippen LogP contribution in [-0.2, 0) is 4.79 Å². The number of likely N-dealkylation sites (N-methyl/N-ethyl adjacent to an activating group) is 1. The number of carbonyl (C=O) groups is 1. The quantitative estimate of drug-likeness (QED) is 0.825. The Morgan fingerprint density at radius 1 is 1.61 bits per heavy atom. The van der Waals surface area contributed by atoms with E-state index in [2.05, 4.69) is 27.2 Å². The van der Waals surface area contributed by atoms with Crippen LogP contribution in [0.2, 0.25) is 0 Å². The van der Waals surface area contributed by atoms with Gasteiger partial charge in [-0.05, 0) is 32.9 Å². The van der Waals surface area contributed by atoms with E-state index in [0.29, 0.717) is 6.04 Å². The summed E-state index contributed by atoms with van der Waals surface area (Å²) < 4.78 is 1.57. The van der Waals surface area contributed by atoms with Crippen LogP contribution in [0.4, 0.5) is 0 Å². The zero-order valence-electron chi connectivity index (χ0n) is 11.0. The Kier molecular flexibility index (Phi) is 4.30. The molecule has 18 heavy (non-hydrogen) atoms. The van der Waals surface area contributed by atoms with E-state index in [0.717, 1.165) is 19.6 Å². The van der Waals surface area contributed by atoms with Gasteiger partial charge in [0.2, 0.25) is 5.91 Å². The minimum Gasteiger partial charge on any atom is -0.353 e. The monoisotopic (exact) mass is 251 g/mol. The predicted octanol–water partition coefficient (Wildman–Crippen LogP) is 0.440. The second-order valence-electron chi connectivity index (χ2n) is 4.72. The van der Waals surface area contributed by atoms with Crippen molar-refractivity contribution in [3.8, 4) is 0 Å². The summed E-state index contributed by atoms with van der Waals surface area (Å²) in [4.78, 5) is 18.2. The van der Waals surface area contributed by atoms with Crippen LogP contribution in [-0.4, -0.2) is 51.2 Å². The fourth-order valence-corrected chi connectivity index (χ4v) is 2.45. The molecule has 2 atom stereocenters. The fourth-order valence-electron chi connectivity index (χ4n) is 2.45. The Hall–Kier alpha value is -1.43. The first-order valence-corrected chi connectivity index (χ1v) is 6.58. The van der Waals surface area contributed by atoms with Gasteiger partial charge < -0.3 is 5.32 Å². The highest BCUT2D eigenvalue weighted by atomic mass is 16.2. The molecule has 2 unspecified atom stereocenters. The van der Waals surface area contributed by atoms with Gasteiger partial charge in [0, 0.05) is 12.6 Å². The van der Waals surface area contributed by atoms with Gasteiger partial charge in [0.25, 0.3) is 0 Å². The zero-order valence-corrected chi connectivity index (χ0v) is 11.0. The molecule has 0 bridgehead atoms. The lowest BCUT2D eigenvalue weighted by Crippen LogP contribution is -2.42. The first kappa shape index (κ1) is 13.0. The minimum atomic E-state index is -0.302. The summed E-state index contributed by atoms with van der Waals surface area (Å²) in [6.45, 7) is 6.93. The maximum Gasteiger partial charge on any atom is 0.244 e. The number of aromatic nitrogens is 3. The number of hydrogen-bond acceptors (Lipinski definition) is 4. The van der Waals surface area contributed by atoms with Crippen molar-refractivity contribution in [2.45, 2.75) is 38.8 Å². The molecule has 1 aromatic rings. The van der Waals surface area contributed by atoms with Crippen LogP contribution in [0.1, 0.15) is 32.7 Å². The fraction of sp³-hybridized carbons (Fsp3) is 0.750. The molecule has 0 aliphatic carbocycles. The summed E-state index contributed by atoms with van der Waals surface area (Å²) in [7, 11) is 0. The van der Waals surface area contributed by atoms with Crippen LogP contribution in [0.15, 0.2) is 12.7 Å². The molecule has 0 aromatic carbocycles. The Bertz CT molecular complexity index is 378. The van der Waals surface area contributed by atoms with Crippen molar-refractivity contribution < 1.29 is 4.79 Å². The molecule has 1 aliphatic heterocycles. The van der Waals surface area contributed by atoms with Gasteiger partial charge >= 0.3 is 0 Å². The van der Waals surface area contributed by atoms with E-state index in [-0.39, 0.29) is 11.9 Å². The Balaban J connectivity index is 1.81. The third kappa shape index (κ3) is 2.87. The predicted molar refractivity (Wildman–Crippen MR) is 68.0 cm³/mol. The minimum absolute atomic E-state index is 0.00320. The van der Waals surface area contributed by atoms with E-state index in [4.69, 9.17) is 0 Å². The van der Waals surface area contributed by atoms with Crippen LogP contribution in [0.3, 0.4) is 0 Å². The van der Waals surface area contributed by atoms with E-state index < -0.39 is 0 Å². The standard InChI is InChI=1S/C12H21N5O/c1-3-16-6-4-5-11(16)7-14-12(18)10(2)17-9-13-8-15-17/h8-11H,3-7H2,1-2H3,(H,14,18). The second-order valence-corrected chi connectivity index (χ2v) is 4.72. The van der Waals surface area contributed by atoms with Gasteiger partial charge in [0.05, 0.1) is 0 Å². The Morgan fingerprint density at radius 2 is 2.44 bits per heavy atom. The Morgan fingerprint density at radius 3 is 3.11 bits per heavy atom. The Labute approximate surface area is 107 Å². The third-order valence-corrected chi connectivity index (χ3v) is 3.63. The molecule has 1 fully saturated rings. The summed E-state index contributed by atoms with van der Waals surface area (Å²) in [5.41, 5.74) is 0. The van der Waals surface area contributed by atoms with E-state index >= 15 is 0 Å². The number of hydrogen-bond donors (Lipinski definition) is 1. The molecule has 2 heterocycles. The van der Waals surface area contributed by atoms with Crippen molar-refractivity contribution in [3.05, 3.63) is 12.7 Å². The average Bonchev–Trinajstić information content (AvgIpc) is 3.05. The SMILES string of the molecule is CCN1CCCC1CNC(=O)C(C)n1cncn1. The van der Waals surface area contributed by atoms with Crippen LogP contribution in [0.25, 0.3) is 0 Å². The molecule has 1 amide bonds. The molecule has 1 saturated heterocycles. The second kappa shape index (κ2) is 5.95. The normalized spacial score (nSPS) is 22.0. The van der Waals surface area contributed by atoms with Crippen LogP contribution in [0.5, 0.6) is 0 Å². The largest absolute Gasteiger partial charge is 0.353 e. The third-order valence-electron chi connectivity index (χ3n) is 3.63.